The van der Waals surface area contributed by atoms with Crippen LogP contribution in [0.4, 0.5) is 0 Å². The van der Waals surface area contributed by atoms with Crippen LogP contribution < -0.4 is 0 Å². The summed E-state index contributed by atoms with van der Waals surface area (Å²) < 4.78 is 5.43. The molecule has 0 aliphatic carbocycles. The van der Waals surface area contributed by atoms with Crippen molar-refractivity contribution in [1.82, 2.24) is 4.90 Å². The number of rotatable bonds is 6. The summed E-state index contributed by atoms with van der Waals surface area (Å²) in [7, 11) is 0. The predicted octanol–water partition coefficient (Wildman–Crippen LogP) is 3.43. The van der Waals surface area contributed by atoms with Gasteiger partial charge in [0.25, 0.3) is 0 Å². The van der Waals surface area contributed by atoms with Gasteiger partial charge in [-0.15, -0.1) is 0 Å². The molecule has 0 saturated carbocycles. The SMILES string of the molecule is CC(C)OCCC(=O)N1CCC(C(O)c2ccc(Cl)cc2)CC1. The Hall–Kier alpha value is -1.10. The van der Waals surface area contributed by atoms with Crippen LogP contribution in [0, 0.1) is 5.92 Å². The highest BCUT2D eigenvalue weighted by atomic mass is 35.5. The topological polar surface area (TPSA) is 49.8 Å². The molecule has 128 valence electrons. The van der Waals surface area contributed by atoms with E-state index < -0.39 is 6.10 Å². The second-order valence-corrected chi connectivity index (χ2v) is 6.82. The standard InChI is InChI=1S/C18H26ClNO3/c1-13(2)23-12-9-17(21)20-10-7-15(8-11-20)18(22)14-3-5-16(19)6-4-14/h3-6,13,15,18,22H,7-12H2,1-2H3. The summed E-state index contributed by atoms with van der Waals surface area (Å²) in [4.78, 5) is 14.0. The number of carbonyl (C=O) groups is 1. The van der Waals surface area contributed by atoms with Crippen LogP contribution in [0.3, 0.4) is 0 Å². The van der Waals surface area contributed by atoms with Gasteiger partial charge in [0.1, 0.15) is 0 Å². The number of carbonyl (C=O) groups excluding carboxylic acids is 1. The Bertz CT molecular complexity index is 495. The van der Waals surface area contributed by atoms with Gasteiger partial charge in [0.15, 0.2) is 0 Å². The molecule has 2 rings (SSSR count). The molecule has 0 radical (unpaired) electrons. The van der Waals surface area contributed by atoms with E-state index in [9.17, 15) is 9.90 Å². The van der Waals surface area contributed by atoms with Crippen molar-refractivity contribution < 1.29 is 14.6 Å². The first kappa shape index (κ1) is 18.2. The van der Waals surface area contributed by atoms with E-state index in [1.807, 2.05) is 30.9 Å². The van der Waals surface area contributed by atoms with Gasteiger partial charge in [-0.3, -0.25) is 4.79 Å². The zero-order chi connectivity index (χ0) is 16.8. The third-order valence-corrected chi connectivity index (χ3v) is 4.57. The molecule has 1 unspecified atom stereocenters. The summed E-state index contributed by atoms with van der Waals surface area (Å²) in [6, 6.07) is 7.34. The highest BCUT2D eigenvalue weighted by molar-refractivity contribution is 6.30. The Morgan fingerprint density at radius 2 is 1.91 bits per heavy atom. The van der Waals surface area contributed by atoms with Crippen molar-refractivity contribution in [2.24, 2.45) is 5.92 Å². The number of aliphatic hydroxyl groups excluding tert-OH is 1. The lowest BCUT2D eigenvalue weighted by Crippen LogP contribution is -2.40. The van der Waals surface area contributed by atoms with E-state index in [2.05, 4.69) is 0 Å². The fourth-order valence-corrected chi connectivity index (χ4v) is 3.06. The van der Waals surface area contributed by atoms with Gasteiger partial charge < -0.3 is 14.7 Å². The molecule has 1 saturated heterocycles. The van der Waals surface area contributed by atoms with E-state index in [4.69, 9.17) is 16.3 Å². The first-order valence-electron chi connectivity index (χ1n) is 8.30. The molecular weight excluding hydrogens is 314 g/mol. The first-order valence-corrected chi connectivity index (χ1v) is 8.68. The van der Waals surface area contributed by atoms with Crippen LogP contribution >= 0.6 is 11.6 Å². The summed E-state index contributed by atoms with van der Waals surface area (Å²) in [6.45, 7) is 5.82. The summed E-state index contributed by atoms with van der Waals surface area (Å²) >= 11 is 5.88. The number of aliphatic hydroxyl groups is 1. The number of ether oxygens (including phenoxy) is 1. The first-order chi connectivity index (χ1) is 11.0. The Balaban J connectivity index is 1.79. The third kappa shape index (κ3) is 5.48. The Kier molecular flexibility index (Phi) is 6.88. The quantitative estimate of drug-likeness (QED) is 0.863. The van der Waals surface area contributed by atoms with Gasteiger partial charge >= 0.3 is 0 Å². The molecule has 5 heteroatoms. The highest BCUT2D eigenvalue weighted by Crippen LogP contribution is 2.31. The third-order valence-electron chi connectivity index (χ3n) is 4.32. The molecule has 1 aromatic rings. The van der Waals surface area contributed by atoms with Gasteiger partial charge in [0.2, 0.25) is 5.91 Å². The number of halogens is 1. The monoisotopic (exact) mass is 339 g/mol. The number of likely N-dealkylation sites (tertiary alicyclic amines) is 1. The van der Waals surface area contributed by atoms with Crippen molar-refractivity contribution in [2.45, 2.75) is 45.3 Å². The summed E-state index contributed by atoms with van der Waals surface area (Å²) in [5.74, 6) is 0.331. The van der Waals surface area contributed by atoms with Crippen molar-refractivity contribution >= 4 is 17.5 Å². The molecular formula is C18H26ClNO3. The normalized spacial score (nSPS) is 17.5. The second-order valence-electron chi connectivity index (χ2n) is 6.38. The fourth-order valence-electron chi connectivity index (χ4n) is 2.94. The molecule has 1 heterocycles. The molecule has 1 fully saturated rings. The molecule has 23 heavy (non-hydrogen) atoms. The van der Waals surface area contributed by atoms with Crippen molar-refractivity contribution in [1.29, 1.82) is 0 Å². The molecule has 0 bridgehead atoms. The van der Waals surface area contributed by atoms with E-state index >= 15 is 0 Å². The molecule has 1 atom stereocenters. The maximum Gasteiger partial charge on any atom is 0.224 e. The number of benzene rings is 1. The molecule has 1 aromatic carbocycles. The van der Waals surface area contributed by atoms with Crippen molar-refractivity contribution in [3.8, 4) is 0 Å². The van der Waals surface area contributed by atoms with Crippen LogP contribution in [-0.4, -0.2) is 41.7 Å². The van der Waals surface area contributed by atoms with Crippen molar-refractivity contribution in [2.75, 3.05) is 19.7 Å². The van der Waals surface area contributed by atoms with Crippen LogP contribution in [0.5, 0.6) is 0 Å². The summed E-state index contributed by atoms with van der Waals surface area (Å²) in [5.41, 5.74) is 0.893. The summed E-state index contributed by atoms with van der Waals surface area (Å²) in [6.07, 6.45) is 1.74. The lowest BCUT2D eigenvalue weighted by molar-refractivity contribution is -0.134. The number of amides is 1. The number of hydrogen-bond donors (Lipinski definition) is 1. The maximum absolute atomic E-state index is 12.1. The number of nitrogens with zero attached hydrogens (tertiary/aromatic N) is 1. The van der Waals surface area contributed by atoms with Crippen molar-refractivity contribution in [3.05, 3.63) is 34.9 Å². The van der Waals surface area contributed by atoms with E-state index in [-0.39, 0.29) is 17.9 Å². The van der Waals surface area contributed by atoms with Crippen LogP contribution in [0.1, 0.15) is 44.8 Å². The molecule has 1 N–H and O–H groups in total. The Labute approximate surface area is 143 Å². The number of hydrogen-bond acceptors (Lipinski definition) is 3. The minimum atomic E-state index is -0.492. The van der Waals surface area contributed by atoms with E-state index in [0.29, 0.717) is 31.1 Å². The van der Waals surface area contributed by atoms with Crippen LogP contribution in [0.2, 0.25) is 5.02 Å². The van der Waals surface area contributed by atoms with Gasteiger partial charge in [-0.05, 0) is 50.3 Å². The lowest BCUT2D eigenvalue weighted by Gasteiger charge is -2.34. The smallest absolute Gasteiger partial charge is 0.224 e. The van der Waals surface area contributed by atoms with E-state index in [1.54, 1.807) is 12.1 Å². The zero-order valence-corrected chi connectivity index (χ0v) is 14.6. The number of piperidine rings is 1. The highest BCUT2D eigenvalue weighted by Gasteiger charge is 2.28. The summed E-state index contributed by atoms with van der Waals surface area (Å²) in [5, 5.41) is 11.2. The van der Waals surface area contributed by atoms with Gasteiger partial charge in [-0.1, -0.05) is 23.7 Å². The molecule has 0 spiro atoms. The minimum absolute atomic E-state index is 0.144. The molecule has 1 aliphatic heterocycles. The largest absolute Gasteiger partial charge is 0.388 e. The van der Waals surface area contributed by atoms with Gasteiger partial charge in [-0.25, -0.2) is 0 Å². The molecule has 4 nitrogen and oxygen atoms in total. The average molecular weight is 340 g/mol. The van der Waals surface area contributed by atoms with E-state index in [1.165, 1.54) is 0 Å². The second kappa shape index (κ2) is 8.67. The Morgan fingerprint density at radius 3 is 2.48 bits per heavy atom. The van der Waals surface area contributed by atoms with Crippen LogP contribution in [0.25, 0.3) is 0 Å². The maximum atomic E-state index is 12.1. The fraction of sp³-hybridized carbons (Fsp3) is 0.611. The van der Waals surface area contributed by atoms with Crippen LogP contribution in [0.15, 0.2) is 24.3 Å². The molecule has 1 amide bonds. The minimum Gasteiger partial charge on any atom is -0.388 e. The predicted molar refractivity (Wildman–Crippen MR) is 91.4 cm³/mol. The van der Waals surface area contributed by atoms with E-state index in [0.717, 1.165) is 18.4 Å². The average Bonchev–Trinajstić information content (AvgIpc) is 2.54. The van der Waals surface area contributed by atoms with Gasteiger partial charge in [0, 0.05) is 18.1 Å². The zero-order valence-electron chi connectivity index (χ0n) is 13.9. The van der Waals surface area contributed by atoms with Gasteiger partial charge in [-0.2, -0.15) is 0 Å². The lowest BCUT2D eigenvalue weighted by atomic mass is 9.87. The van der Waals surface area contributed by atoms with Gasteiger partial charge in [0.05, 0.1) is 25.2 Å². The molecule has 1 aliphatic rings. The molecule has 0 aromatic heterocycles. The Morgan fingerprint density at radius 1 is 1.30 bits per heavy atom. The van der Waals surface area contributed by atoms with Crippen molar-refractivity contribution in [3.63, 3.8) is 0 Å². The van der Waals surface area contributed by atoms with Crippen LogP contribution in [-0.2, 0) is 9.53 Å².